The Balaban J connectivity index is 1.08. The summed E-state index contributed by atoms with van der Waals surface area (Å²) in [5.74, 6) is -0.790. The van der Waals surface area contributed by atoms with Crippen molar-refractivity contribution in [3.8, 4) is 0 Å². The van der Waals surface area contributed by atoms with Gasteiger partial charge in [-0.05, 0) is 61.2 Å². The van der Waals surface area contributed by atoms with E-state index in [0.29, 0.717) is 54.9 Å². The number of pyridine rings is 1. The predicted octanol–water partition coefficient (Wildman–Crippen LogP) is 3.58. The summed E-state index contributed by atoms with van der Waals surface area (Å²) in [5, 5.41) is 4.20. The molecular weight excluding hydrogens is 511 g/mol. The summed E-state index contributed by atoms with van der Waals surface area (Å²) in [7, 11) is 0. The molecule has 4 heterocycles. The summed E-state index contributed by atoms with van der Waals surface area (Å²) in [4.78, 5) is 52.8. The molecule has 1 fully saturated rings. The number of hydrogen-bond acceptors (Lipinski definition) is 7. The van der Waals surface area contributed by atoms with Gasteiger partial charge in [-0.2, -0.15) is 0 Å². The Morgan fingerprint density at radius 1 is 1.13 bits per heavy atom. The Morgan fingerprint density at radius 2 is 1.95 bits per heavy atom. The van der Waals surface area contributed by atoms with Crippen LogP contribution in [-0.2, 0) is 20.9 Å². The zero-order chi connectivity index (χ0) is 26.6. The predicted molar refractivity (Wildman–Crippen MR) is 141 cm³/mol. The van der Waals surface area contributed by atoms with Crippen molar-refractivity contribution in [1.29, 1.82) is 0 Å². The summed E-state index contributed by atoms with van der Waals surface area (Å²) in [6.07, 6.45) is 0.467. The maximum Gasteiger partial charge on any atom is 0.414 e. The molecule has 1 saturated heterocycles. The number of imide groups is 1. The molecule has 2 atom stereocenters. The van der Waals surface area contributed by atoms with Gasteiger partial charge >= 0.3 is 6.09 Å². The molecular formula is C27H25FN4O5S. The molecule has 1 aromatic heterocycles. The van der Waals surface area contributed by atoms with Crippen molar-refractivity contribution < 1.29 is 23.5 Å². The molecule has 0 spiro atoms. The number of thioether (sulfide) groups is 1. The van der Waals surface area contributed by atoms with E-state index in [2.05, 4.69) is 5.32 Å². The van der Waals surface area contributed by atoms with Crippen LogP contribution in [0.5, 0.6) is 0 Å². The first-order valence-electron chi connectivity index (χ1n) is 12.5. The maximum absolute atomic E-state index is 14.7. The number of carbonyl (C=O) groups is 3. The SMILES string of the molecule is CC(=O)N1C(=O)CSc2ccc(N3C[C@@H](CCCNC4Cn5c(=O)ccc6ccc(F)c4c65)OC3=O)cc21. The Kier molecular flexibility index (Phi) is 6.19. The zero-order valence-corrected chi connectivity index (χ0v) is 21.4. The van der Waals surface area contributed by atoms with Gasteiger partial charge in [0.1, 0.15) is 11.9 Å². The molecule has 196 valence electrons. The number of aromatic nitrogens is 1. The number of ether oxygens (including phenoxy) is 1. The van der Waals surface area contributed by atoms with Gasteiger partial charge in [0, 0.05) is 35.7 Å². The fourth-order valence-electron chi connectivity index (χ4n) is 5.49. The molecule has 3 amide bonds. The third-order valence-electron chi connectivity index (χ3n) is 7.23. The van der Waals surface area contributed by atoms with Crippen molar-refractivity contribution in [2.75, 3.05) is 28.6 Å². The zero-order valence-electron chi connectivity index (χ0n) is 20.6. The van der Waals surface area contributed by atoms with Gasteiger partial charge in [-0.25, -0.2) is 14.1 Å². The lowest BCUT2D eigenvalue weighted by Crippen LogP contribution is -2.39. The Morgan fingerprint density at radius 3 is 2.76 bits per heavy atom. The van der Waals surface area contributed by atoms with E-state index in [1.165, 1.54) is 35.7 Å². The van der Waals surface area contributed by atoms with Crippen LogP contribution in [0.15, 0.2) is 52.2 Å². The largest absolute Gasteiger partial charge is 0.444 e. The Labute approximate surface area is 221 Å². The van der Waals surface area contributed by atoms with Crippen LogP contribution in [0, 0.1) is 5.82 Å². The van der Waals surface area contributed by atoms with Crippen LogP contribution < -0.4 is 20.7 Å². The number of benzene rings is 2. The summed E-state index contributed by atoms with van der Waals surface area (Å²) in [6.45, 7) is 2.62. The number of nitrogens with one attached hydrogen (secondary N) is 1. The summed E-state index contributed by atoms with van der Waals surface area (Å²) >= 11 is 1.36. The topological polar surface area (TPSA) is 101 Å². The van der Waals surface area contributed by atoms with Gasteiger partial charge in [-0.15, -0.1) is 11.8 Å². The highest BCUT2D eigenvalue weighted by Gasteiger charge is 2.35. The minimum atomic E-state index is -0.480. The number of hydrogen-bond donors (Lipinski definition) is 1. The van der Waals surface area contributed by atoms with Gasteiger partial charge < -0.3 is 14.6 Å². The van der Waals surface area contributed by atoms with E-state index in [0.717, 1.165) is 15.2 Å². The van der Waals surface area contributed by atoms with Gasteiger partial charge in [0.25, 0.3) is 5.56 Å². The number of nitrogens with zero attached hydrogens (tertiary/aromatic N) is 3. The first-order valence-corrected chi connectivity index (χ1v) is 13.4. The first-order chi connectivity index (χ1) is 18.3. The number of fused-ring (bicyclic) bond motifs is 1. The fourth-order valence-corrected chi connectivity index (χ4v) is 6.36. The molecule has 0 saturated carbocycles. The van der Waals surface area contributed by atoms with Crippen molar-refractivity contribution in [2.24, 2.45) is 0 Å². The second kappa shape index (κ2) is 9.55. The van der Waals surface area contributed by atoms with E-state index in [9.17, 15) is 23.6 Å². The molecule has 3 aliphatic rings. The third-order valence-corrected chi connectivity index (χ3v) is 8.28. The van der Waals surface area contributed by atoms with Gasteiger partial charge in [0.05, 0.1) is 29.5 Å². The molecule has 0 bridgehead atoms. The summed E-state index contributed by atoms with van der Waals surface area (Å²) in [6, 6.07) is 11.3. The molecule has 2 aromatic carbocycles. The van der Waals surface area contributed by atoms with Crippen molar-refractivity contribution in [1.82, 2.24) is 9.88 Å². The van der Waals surface area contributed by atoms with Crippen LogP contribution in [0.1, 0.15) is 31.4 Å². The monoisotopic (exact) mass is 536 g/mol. The summed E-state index contributed by atoms with van der Waals surface area (Å²) < 4.78 is 21.9. The molecule has 3 aromatic rings. The van der Waals surface area contributed by atoms with Gasteiger partial charge in [-0.3, -0.25) is 19.3 Å². The van der Waals surface area contributed by atoms with Crippen LogP contribution in [0.2, 0.25) is 0 Å². The first kappa shape index (κ1) is 24.6. The lowest BCUT2D eigenvalue weighted by atomic mass is 10.1. The molecule has 6 rings (SSSR count). The number of amides is 3. The van der Waals surface area contributed by atoms with Gasteiger partial charge in [0.2, 0.25) is 11.8 Å². The number of anilines is 2. The van der Waals surface area contributed by atoms with Gasteiger partial charge in [0.15, 0.2) is 0 Å². The minimum Gasteiger partial charge on any atom is -0.444 e. The molecule has 1 unspecified atom stereocenters. The van der Waals surface area contributed by atoms with E-state index in [1.54, 1.807) is 28.8 Å². The second-order valence-electron chi connectivity index (χ2n) is 9.64. The van der Waals surface area contributed by atoms with Crippen LogP contribution in [0.4, 0.5) is 20.6 Å². The average Bonchev–Trinajstić information content (AvgIpc) is 3.47. The minimum absolute atomic E-state index is 0.150. The number of carbonyl (C=O) groups excluding carboxylic acids is 3. The van der Waals surface area contributed by atoms with Crippen molar-refractivity contribution >= 4 is 51.9 Å². The molecule has 1 N–H and O–H groups in total. The second-order valence-corrected chi connectivity index (χ2v) is 10.7. The number of rotatable bonds is 6. The highest BCUT2D eigenvalue weighted by atomic mass is 32.2. The lowest BCUT2D eigenvalue weighted by Gasteiger charge is -2.27. The number of halogens is 1. The quantitative estimate of drug-likeness (QED) is 0.481. The van der Waals surface area contributed by atoms with Crippen molar-refractivity contribution in [2.45, 2.75) is 43.4 Å². The average molecular weight is 537 g/mol. The molecule has 3 aliphatic heterocycles. The van der Waals surface area contributed by atoms with Crippen molar-refractivity contribution in [3.05, 3.63) is 64.2 Å². The molecule has 0 aliphatic carbocycles. The number of cyclic esters (lactones) is 1. The smallest absolute Gasteiger partial charge is 0.414 e. The van der Waals surface area contributed by atoms with Crippen LogP contribution in [0.3, 0.4) is 0 Å². The molecule has 11 heteroatoms. The highest BCUT2D eigenvalue weighted by molar-refractivity contribution is 8.00. The summed E-state index contributed by atoms with van der Waals surface area (Å²) in [5.41, 5.74) is 2.05. The Hall–Kier alpha value is -3.70. The fraction of sp³-hybridized carbons (Fsp3) is 0.333. The van der Waals surface area contributed by atoms with E-state index < -0.39 is 6.09 Å². The standard InChI is InChI=1S/C27H25FN4O5S/c1-15(33)32-21-11-17(6-8-22(21)38-14-24(32)35)30-12-18(37-27(30)36)3-2-10-29-20-13-31-23(34)9-5-16-4-7-19(28)25(20)26(16)31/h4-9,11,18,20,29H,2-3,10,12-14H2,1H3/t18-,20?/m1/s1. The maximum atomic E-state index is 14.7. The van der Waals surface area contributed by atoms with E-state index in [4.69, 9.17) is 4.74 Å². The molecule has 9 nitrogen and oxygen atoms in total. The van der Waals surface area contributed by atoms with Crippen LogP contribution in [0.25, 0.3) is 10.9 Å². The van der Waals surface area contributed by atoms with E-state index in [-0.39, 0.29) is 41.1 Å². The Bertz CT molecular complexity index is 1560. The highest BCUT2D eigenvalue weighted by Crippen LogP contribution is 2.39. The molecule has 0 radical (unpaired) electrons. The van der Waals surface area contributed by atoms with Crippen LogP contribution >= 0.6 is 11.8 Å². The normalized spacial score (nSPS) is 20.3. The molecule has 38 heavy (non-hydrogen) atoms. The van der Waals surface area contributed by atoms with Crippen LogP contribution in [-0.4, -0.2) is 47.4 Å². The van der Waals surface area contributed by atoms with E-state index >= 15 is 0 Å². The van der Waals surface area contributed by atoms with E-state index in [1.807, 2.05) is 6.07 Å². The lowest BCUT2D eigenvalue weighted by molar-refractivity contribution is -0.124. The van der Waals surface area contributed by atoms with Gasteiger partial charge in [-0.1, -0.05) is 0 Å². The van der Waals surface area contributed by atoms with Crippen molar-refractivity contribution in [3.63, 3.8) is 0 Å². The third kappa shape index (κ3) is 4.15.